The Morgan fingerprint density at radius 1 is 1.10 bits per heavy atom. The SMILES string of the molecule is Cc1c(F)cc(C(=O)NC(C)c2ccccc2)cc1NC(=O)c1ccc([N+](=O)[O-])o1. The molecule has 0 aliphatic heterocycles. The lowest BCUT2D eigenvalue weighted by Crippen LogP contribution is -2.27. The van der Waals surface area contributed by atoms with Gasteiger partial charge in [0.25, 0.3) is 11.8 Å². The number of rotatable bonds is 6. The van der Waals surface area contributed by atoms with Crippen molar-refractivity contribution in [3.05, 3.63) is 93.0 Å². The number of amides is 2. The molecule has 0 saturated heterocycles. The summed E-state index contributed by atoms with van der Waals surface area (Å²) in [4.78, 5) is 34.8. The van der Waals surface area contributed by atoms with Crippen LogP contribution in [0.2, 0.25) is 0 Å². The van der Waals surface area contributed by atoms with E-state index in [0.717, 1.165) is 23.8 Å². The summed E-state index contributed by atoms with van der Waals surface area (Å²) in [5.41, 5.74) is 1.06. The number of hydrogen-bond acceptors (Lipinski definition) is 5. The quantitative estimate of drug-likeness (QED) is 0.461. The molecule has 2 aromatic carbocycles. The van der Waals surface area contributed by atoms with E-state index in [2.05, 4.69) is 10.6 Å². The fraction of sp³-hybridized carbons (Fsp3) is 0.143. The van der Waals surface area contributed by atoms with Crippen molar-refractivity contribution < 1.29 is 23.3 Å². The molecule has 8 nitrogen and oxygen atoms in total. The van der Waals surface area contributed by atoms with Gasteiger partial charge in [0.1, 0.15) is 10.7 Å². The molecule has 2 N–H and O–H groups in total. The largest absolute Gasteiger partial charge is 0.433 e. The van der Waals surface area contributed by atoms with Crippen LogP contribution in [0.15, 0.2) is 59.0 Å². The summed E-state index contributed by atoms with van der Waals surface area (Å²) in [6, 6.07) is 13.5. The van der Waals surface area contributed by atoms with E-state index in [-0.39, 0.29) is 28.6 Å². The van der Waals surface area contributed by atoms with Crippen molar-refractivity contribution in [3.8, 4) is 0 Å². The molecule has 0 aliphatic carbocycles. The third-order valence-electron chi connectivity index (χ3n) is 4.50. The highest BCUT2D eigenvalue weighted by Gasteiger charge is 2.20. The highest BCUT2D eigenvalue weighted by Crippen LogP contribution is 2.23. The molecule has 9 heteroatoms. The maximum absolute atomic E-state index is 14.4. The van der Waals surface area contributed by atoms with Crippen molar-refractivity contribution in [2.75, 3.05) is 5.32 Å². The van der Waals surface area contributed by atoms with E-state index in [1.807, 2.05) is 30.3 Å². The molecule has 1 atom stereocenters. The van der Waals surface area contributed by atoms with Crippen LogP contribution in [-0.2, 0) is 0 Å². The van der Waals surface area contributed by atoms with Crippen molar-refractivity contribution in [2.45, 2.75) is 19.9 Å². The van der Waals surface area contributed by atoms with Gasteiger partial charge in [-0.25, -0.2) is 4.39 Å². The molecule has 2 amide bonds. The predicted octanol–water partition coefficient (Wildman–Crippen LogP) is 4.38. The second-order valence-corrected chi connectivity index (χ2v) is 6.59. The van der Waals surface area contributed by atoms with Crippen LogP contribution in [0, 0.1) is 22.9 Å². The van der Waals surface area contributed by atoms with Gasteiger partial charge in [0.2, 0.25) is 0 Å². The molecule has 0 radical (unpaired) electrons. The van der Waals surface area contributed by atoms with E-state index < -0.39 is 28.4 Å². The Bertz CT molecular complexity index is 1110. The first kappa shape index (κ1) is 20.7. The second kappa shape index (κ2) is 8.56. The Balaban J connectivity index is 1.80. The minimum atomic E-state index is -0.805. The third-order valence-corrected chi connectivity index (χ3v) is 4.50. The molecule has 30 heavy (non-hydrogen) atoms. The Hall–Kier alpha value is -4.01. The number of furan rings is 1. The molecule has 0 bridgehead atoms. The molecular weight excluding hydrogens is 393 g/mol. The van der Waals surface area contributed by atoms with Gasteiger partial charge in [-0.1, -0.05) is 30.3 Å². The minimum Gasteiger partial charge on any atom is -0.395 e. The molecule has 3 aromatic rings. The molecule has 1 unspecified atom stereocenters. The lowest BCUT2D eigenvalue weighted by atomic mass is 10.1. The number of halogens is 1. The van der Waals surface area contributed by atoms with E-state index >= 15 is 0 Å². The van der Waals surface area contributed by atoms with Gasteiger partial charge in [0.15, 0.2) is 5.76 Å². The highest BCUT2D eigenvalue weighted by molar-refractivity contribution is 6.04. The normalized spacial score (nSPS) is 11.6. The van der Waals surface area contributed by atoms with Gasteiger partial charge in [0, 0.05) is 16.8 Å². The van der Waals surface area contributed by atoms with Crippen LogP contribution in [-0.4, -0.2) is 16.7 Å². The zero-order chi connectivity index (χ0) is 21.8. The summed E-state index contributed by atoms with van der Waals surface area (Å²) in [7, 11) is 0. The van der Waals surface area contributed by atoms with Crippen molar-refractivity contribution in [2.24, 2.45) is 0 Å². The van der Waals surface area contributed by atoms with Crippen LogP contribution in [0.25, 0.3) is 0 Å². The van der Waals surface area contributed by atoms with Crippen LogP contribution in [0.4, 0.5) is 16.0 Å². The summed E-state index contributed by atoms with van der Waals surface area (Å²) in [5, 5.41) is 15.9. The second-order valence-electron chi connectivity index (χ2n) is 6.59. The van der Waals surface area contributed by atoms with Gasteiger partial charge in [-0.15, -0.1) is 0 Å². The number of anilines is 1. The first-order valence-corrected chi connectivity index (χ1v) is 8.98. The van der Waals surface area contributed by atoms with Gasteiger partial charge in [0.05, 0.1) is 12.1 Å². The summed E-state index contributed by atoms with van der Waals surface area (Å²) < 4.78 is 19.2. The maximum atomic E-state index is 14.4. The molecule has 154 valence electrons. The minimum absolute atomic E-state index is 0.0154. The maximum Gasteiger partial charge on any atom is 0.433 e. The van der Waals surface area contributed by atoms with Gasteiger partial charge >= 0.3 is 5.88 Å². The summed E-state index contributed by atoms with van der Waals surface area (Å²) in [6.45, 7) is 3.23. The first-order valence-electron chi connectivity index (χ1n) is 8.98. The number of carbonyl (C=O) groups excluding carboxylic acids is 2. The topological polar surface area (TPSA) is 114 Å². The summed E-state index contributed by atoms with van der Waals surface area (Å²) in [6.07, 6.45) is 0. The smallest absolute Gasteiger partial charge is 0.395 e. The summed E-state index contributed by atoms with van der Waals surface area (Å²) >= 11 is 0. The Kier molecular flexibility index (Phi) is 5.91. The molecule has 0 saturated carbocycles. The number of nitrogens with one attached hydrogen (secondary N) is 2. The van der Waals surface area contributed by atoms with Crippen molar-refractivity contribution in [1.29, 1.82) is 0 Å². The third kappa shape index (κ3) is 4.52. The lowest BCUT2D eigenvalue weighted by Gasteiger charge is -2.16. The van der Waals surface area contributed by atoms with Gasteiger partial charge in [-0.05, 0) is 37.6 Å². The van der Waals surface area contributed by atoms with Gasteiger partial charge in [-0.2, -0.15) is 0 Å². The molecule has 0 spiro atoms. The van der Waals surface area contributed by atoms with E-state index in [9.17, 15) is 24.1 Å². The van der Waals surface area contributed by atoms with Gasteiger partial charge < -0.3 is 15.1 Å². The van der Waals surface area contributed by atoms with E-state index in [1.54, 1.807) is 6.92 Å². The van der Waals surface area contributed by atoms with Crippen molar-refractivity contribution in [1.82, 2.24) is 5.32 Å². The summed E-state index contributed by atoms with van der Waals surface area (Å²) in [5.74, 6) is -2.91. The van der Waals surface area contributed by atoms with E-state index in [1.165, 1.54) is 13.0 Å². The average molecular weight is 411 g/mol. The molecular formula is C21H18FN3O5. The average Bonchev–Trinajstić information content (AvgIpc) is 3.22. The molecule has 0 fully saturated rings. The van der Waals surface area contributed by atoms with Crippen molar-refractivity contribution in [3.63, 3.8) is 0 Å². The zero-order valence-electron chi connectivity index (χ0n) is 16.1. The van der Waals surface area contributed by atoms with Crippen LogP contribution >= 0.6 is 0 Å². The fourth-order valence-corrected chi connectivity index (χ4v) is 2.78. The molecule has 3 rings (SSSR count). The van der Waals surface area contributed by atoms with Crippen LogP contribution in [0.5, 0.6) is 0 Å². The Morgan fingerprint density at radius 3 is 2.43 bits per heavy atom. The first-order chi connectivity index (χ1) is 14.3. The highest BCUT2D eigenvalue weighted by atomic mass is 19.1. The van der Waals surface area contributed by atoms with Crippen molar-refractivity contribution >= 4 is 23.4 Å². The number of nitro groups is 1. The number of carbonyl (C=O) groups is 2. The van der Waals surface area contributed by atoms with Gasteiger partial charge in [-0.3, -0.25) is 19.7 Å². The van der Waals surface area contributed by atoms with Crippen LogP contribution < -0.4 is 10.6 Å². The number of benzene rings is 2. The predicted molar refractivity (Wildman–Crippen MR) is 107 cm³/mol. The van der Waals surface area contributed by atoms with E-state index in [4.69, 9.17) is 4.42 Å². The Labute approximate surface area is 170 Å². The fourth-order valence-electron chi connectivity index (χ4n) is 2.78. The molecule has 0 aliphatic rings. The standard InChI is InChI=1S/C21H18FN3O5/c1-12-16(22)10-15(20(26)23-13(2)14-6-4-3-5-7-14)11-17(12)24-21(27)18-8-9-19(30-18)25(28)29/h3-11,13H,1-2H3,(H,23,26)(H,24,27). The lowest BCUT2D eigenvalue weighted by molar-refractivity contribution is -0.402. The number of hydrogen-bond donors (Lipinski definition) is 2. The van der Waals surface area contributed by atoms with Crippen LogP contribution in [0.3, 0.4) is 0 Å². The number of nitrogens with zero attached hydrogens (tertiary/aromatic N) is 1. The molecule has 1 heterocycles. The Morgan fingerprint density at radius 2 is 1.80 bits per heavy atom. The van der Waals surface area contributed by atoms with E-state index in [0.29, 0.717) is 0 Å². The molecule has 1 aromatic heterocycles. The van der Waals surface area contributed by atoms with Crippen LogP contribution in [0.1, 0.15) is 45.0 Å². The zero-order valence-corrected chi connectivity index (χ0v) is 16.1. The monoisotopic (exact) mass is 411 g/mol.